The number of benzene rings is 1. The third-order valence-electron chi connectivity index (χ3n) is 1.95. The lowest BCUT2D eigenvalue weighted by molar-refractivity contribution is 0.462. The second kappa shape index (κ2) is 4.32. The number of nitriles is 1. The number of rotatable bonds is 2. The van der Waals surface area contributed by atoms with E-state index < -0.39 is 6.04 Å². The zero-order chi connectivity index (χ0) is 10.7. The smallest absolute Gasteiger partial charge is 0.138 e. The van der Waals surface area contributed by atoms with Gasteiger partial charge < -0.3 is 10.8 Å². The van der Waals surface area contributed by atoms with Crippen LogP contribution in [0.5, 0.6) is 5.75 Å². The van der Waals surface area contributed by atoms with Gasteiger partial charge in [0.05, 0.1) is 17.5 Å². The Hall–Kier alpha value is -1.24. The number of aryl methyl sites for hydroxylation is 1. The summed E-state index contributed by atoms with van der Waals surface area (Å²) in [4.78, 5) is 0. The van der Waals surface area contributed by atoms with E-state index in [0.717, 1.165) is 5.56 Å². The lowest BCUT2D eigenvalue weighted by Gasteiger charge is -2.12. The molecular formula is C10H11ClN2O. The van der Waals surface area contributed by atoms with Crippen molar-refractivity contribution in [1.82, 2.24) is 0 Å². The Morgan fingerprint density at radius 2 is 2.29 bits per heavy atom. The Morgan fingerprint density at radius 3 is 2.86 bits per heavy atom. The molecule has 14 heavy (non-hydrogen) atoms. The molecule has 0 spiro atoms. The summed E-state index contributed by atoms with van der Waals surface area (Å²) in [5, 5.41) is 18.4. The Labute approximate surface area is 87.7 Å². The van der Waals surface area contributed by atoms with Crippen LogP contribution in [0, 0.1) is 18.3 Å². The average molecular weight is 211 g/mol. The van der Waals surface area contributed by atoms with Gasteiger partial charge in [-0.15, -0.1) is 0 Å². The number of nitrogens with two attached hydrogens (primary N) is 1. The van der Waals surface area contributed by atoms with Crippen LogP contribution in [0.25, 0.3) is 0 Å². The number of halogens is 1. The van der Waals surface area contributed by atoms with Gasteiger partial charge in [0.15, 0.2) is 0 Å². The molecule has 0 radical (unpaired) electrons. The van der Waals surface area contributed by atoms with Crippen molar-refractivity contribution in [3.05, 3.63) is 28.3 Å². The molecule has 0 saturated carbocycles. The maximum Gasteiger partial charge on any atom is 0.138 e. The third-order valence-corrected chi connectivity index (χ3v) is 2.24. The van der Waals surface area contributed by atoms with E-state index in [1.807, 2.05) is 13.0 Å². The minimum atomic E-state index is -0.489. The van der Waals surface area contributed by atoms with Crippen LogP contribution < -0.4 is 5.73 Å². The predicted octanol–water partition coefficient (Wildman–Crippen LogP) is 2.27. The molecule has 0 bridgehead atoms. The number of hydrogen-bond acceptors (Lipinski definition) is 3. The Balaban J connectivity index is 3.14. The highest BCUT2D eigenvalue weighted by atomic mass is 35.5. The van der Waals surface area contributed by atoms with E-state index in [1.54, 1.807) is 12.1 Å². The molecule has 1 atom stereocenters. The van der Waals surface area contributed by atoms with E-state index in [2.05, 4.69) is 0 Å². The first kappa shape index (κ1) is 10.8. The molecule has 1 aromatic rings. The van der Waals surface area contributed by atoms with Crippen LogP contribution in [0.1, 0.15) is 23.6 Å². The number of phenolic OH excluding ortho intramolecular Hbond substituents is 1. The van der Waals surface area contributed by atoms with E-state index in [4.69, 9.17) is 22.6 Å². The van der Waals surface area contributed by atoms with Crippen LogP contribution in [0.3, 0.4) is 0 Å². The second-order valence-corrected chi connectivity index (χ2v) is 3.56. The first-order valence-electron chi connectivity index (χ1n) is 4.17. The molecule has 1 aromatic carbocycles. The van der Waals surface area contributed by atoms with Gasteiger partial charge in [-0.25, -0.2) is 0 Å². The van der Waals surface area contributed by atoms with Crippen LogP contribution in [0.15, 0.2) is 12.1 Å². The van der Waals surface area contributed by atoms with Crippen molar-refractivity contribution in [3.63, 3.8) is 0 Å². The molecule has 4 heteroatoms. The van der Waals surface area contributed by atoms with Gasteiger partial charge in [0, 0.05) is 11.6 Å². The minimum absolute atomic E-state index is 0.0278. The largest absolute Gasteiger partial charge is 0.506 e. The zero-order valence-corrected chi connectivity index (χ0v) is 8.54. The molecule has 0 aromatic heterocycles. The zero-order valence-electron chi connectivity index (χ0n) is 7.79. The molecule has 3 N–H and O–H groups in total. The van der Waals surface area contributed by atoms with Gasteiger partial charge in [0.1, 0.15) is 5.75 Å². The molecule has 0 aliphatic heterocycles. The quantitative estimate of drug-likeness (QED) is 0.787. The summed E-state index contributed by atoms with van der Waals surface area (Å²) in [6.07, 6.45) is 0.160. The summed E-state index contributed by atoms with van der Waals surface area (Å²) in [6, 6.07) is 4.86. The van der Waals surface area contributed by atoms with Gasteiger partial charge in [-0.2, -0.15) is 5.26 Å². The van der Waals surface area contributed by atoms with Crippen LogP contribution in [-0.4, -0.2) is 5.11 Å². The second-order valence-electron chi connectivity index (χ2n) is 3.15. The van der Waals surface area contributed by atoms with Gasteiger partial charge in [0.2, 0.25) is 0 Å². The van der Waals surface area contributed by atoms with Crippen LogP contribution in [-0.2, 0) is 0 Å². The lowest BCUT2D eigenvalue weighted by Crippen LogP contribution is -2.09. The predicted molar refractivity (Wildman–Crippen MR) is 55.0 cm³/mol. The van der Waals surface area contributed by atoms with Crippen LogP contribution in [0.4, 0.5) is 0 Å². The SMILES string of the molecule is Cc1cc(Cl)c(O)c([C@@H](N)CC#N)c1. The van der Waals surface area contributed by atoms with Crippen molar-refractivity contribution in [2.24, 2.45) is 5.73 Å². The van der Waals surface area contributed by atoms with Crippen molar-refractivity contribution in [1.29, 1.82) is 5.26 Å². The molecule has 0 unspecified atom stereocenters. The molecule has 0 amide bonds. The Bertz CT molecular complexity index is 384. The average Bonchev–Trinajstić information content (AvgIpc) is 2.11. The van der Waals surface area contributed by atoms with Gasteiger partial charge in [-0.3, -0.25) is 0 Å². The van der Waals surface area contributed by atoms with E-state index in [1.165, 1.54) is 0 Å². The normalized spacial score (nSPS) is 12.1. The van der Waals surface area contributed by atoms with Crippen molar-refractivity contribution in [3.8, 4) is 11.8 Å². The van der Waals surface area contributed by atoms with Crippen molar-refractivity contribution >= 4 is 11.6 Å². The van der Waals surface area contributed by atoms with Gasteiger partial charge >= 0.3 is 0 Å². The number of aromatic hydroxyl groups is 1. The maximum absolute atomic E-state index is 9.60. The summed E-state index contributed by atoms with van der Waals surface area (Å²) in [7, 11) is 0. The molecule has 0 fully saturated rings. The molecular weight excluding hydrogens is 200 g/mol. The highest BCUT2D eigenvalue weighted by molar-refractivity contribution is 6.32. The lowest BCUT2D eigenvalue weighted by atomic mass is 10.0. The fourth-order valence-electron chi connectivity index (χ4n) is 1.25. The van der Waals surface area contributed by atoms with Crippen LogP contribution in [0.2, 0.25) is 5.02 Å². The van der Waals surface area contributed by atoms with Crippen LogP contribution >= 0.6 is 11.6 Å². The minimum Gasteiger partial charge on any atom is -0.506 e. The fourth-order valence-corrected chi connectivity index (χ4v) is 1.53. The summed E-state index contributed by atoms with van der Waals surface area (Å²) >= 11 is 5.77. The summed E-state index contributed by atoms with van der Waals surface area (Å²) in [5.41, 5.74) is 7.14. The number of nitrogens with zero attached hydrogens (tertiary/aromatic N) is 1. The molecule has 0 aliphatic rings. The monoisotopic (exact) mass is 210 g/mol. The van der Waals surface area contributed by atoms with E-state index >= 15 is 0 Å². The van der Waals surface area contributed by atoms with Crippen molar-refractivity contribution in [2.45, 2.75) is 19.4 Å². The maximum atomic E-state index is 9.60. The number of hydrogen-bond donors (Lipinski definition) is 2. The fraction of sp³-hybridized carbons (Fsp3) is 0.300. The van der Waals surface area contributed by atoms with E-state index in [-0.39, 0.29) is 17.2 Å². The van der Waals surface area contributed by atoms with Gasteiger partial charge in [0.25, 0.3) is 0 Å². The molecule has 0 aliphatic carbocycles. The molecule has 0 saturated heterocycles. The number of phenols is 1. The van der Waals surface area contributed by atoms with Gasteiger partial charge in [-0.1, -0.05) is 17.7 Å². The van der Waals surface area contributed by atoms with E-state index in [9.17, 15) is 5.11 Å². The highest BCUT2D eigenvalue weighted by Crippen LogP contribution is 2.32. The highest BCUT2D eigenvalue weighted by Gasteiger charge is 2.13. The third kappa shape index (κ3) is 2.16. The first-order chi connectivity index (χ1) is 6.56. The summed E-state index contributed by atoms with van der Waals surface area (Å²) in [5.74, 6) is -0.0278. The molecule has 0 heterocycles. The Kier molecular flexibility index (Phi) is 3.34. The molecule has 3 nitrogen and oxygen atoms in total. The van der Waals surface area contributed by atoms with Gasteiger partial charge in [-0.05, 0) is 18.6 Å². The first-order valence-corrected chi connectivity index (χ1v) is 4.55. The standard InChI is InChI=1S/C10H11ClN2O/c1-6-4-7(9(13)2-3-12)10(14)8(11)5-6/h4-5,9,14H,2,13H2,1H3/t9-/m0/s1. The van der Waals surface area contributed by atoms with Crippen molar-refractivity contribution < 1.29 is 5.11 Å². The molecule has 1 rings (SSSR count). The molecule has 74 valence electrons. The summed E-state index contributed by atoms with van der Waals surface area (Å²) < 4.78 is 0. The van der Waals surface area contributed by atoms with E-state index in [0.29, 0.717) is 5.56 Å². The van der Waals surface area contributed by atoms with Crippen molar-refractivity contribution in [2.75, 3.05) is 0 Å². The Morgan fingerprint density at radius 1 is 1.64 bits per heavy atom. The summed E-state index contributed by atoms with van der Waals surface area (Å²) in [6.45, 7) is 1.86. The topological polar surface area (TPSA) is 70.0 Å².